The second-order valence-electron chi connectivity index (χ2n) is 5.32. The van der Waals surface area contributed by atoms with E-state index in [0.29, 0.717) is 24.4 Å². The fourth-order valence-electron chi connectivity index (χ4n) is 2.36. The van der Waals surface area contributed by atoms with E-state index in [1.54, 1.807) is 12.3 Å². The molecule has 1 aromatic heterocycles. The maximum atomic E-state index is 9.24. The van der Waals surface area contributed by atoms with Crippen LogP contribution in [0, 0.1) is 0 Å². The van der Waals surface area contributed by atoms with Gasteiger partial charge in [0.05, 0.1) is 12.7 Å². The average molecular weight is 280 g/mol. The zero-order valence-electron chi connectivity index (χ0n) is 12.2. The Bertz CT molecular complexity index is 408. The van der Waals surface area contributed by atoms with Crippen molar-refractivity contribution in [2.24, 2.45) is 0 Å². The van der Waals surface area contributed by atoms with E-state index < -0.39 is 0 Å². The Labute approximate surface area is 120 Å². The standard InChI is InChI=1S/C14H24N4O2/c1-11(2)20-13-5-7-16-14(17-13)18(8-9-19)10-12-4-3-6-15-12/h5,7,11-12,15,19H,3-4,6,8-10H2,1-2H3. The molecule has 0 spiro atoms. The van der Waals surface area contributed by atoms with E-state index in [9.17, 15) is 5.11 Å². The summed E-state index contributed by atoms with van der Waals surface area (Å²) >= 11 is 0. The molecule has 0 radical (unpaired) electrons. The second kappa shape index (κ2) is 7.40. The summed E-state index contributed by atoms with van der Waals surface area (Å²) in [6.45, 7) is 6.43. The van der Waals surface area contributed by atoms with Gasteiger partial charge < -0.3 is 20.1 Å². The van der Waals surface area contributed by atoms with Crippen molar-refractivity contribution in [3.8, 4) is 5.88 Å². The van der Waals surface area contributed by atoms with Crippen LogP contribution in [0.1, 0.15) is 26.7 Å². The largest absolute Gasteiger partial charge is 0.475 e. The van der Waals surface area contributed by atoms with Crippen LogP contribution in [0.2, 0.25) is 0 Å². The summed E-state index contributed by atoms with van der Waals surface area (Å²) in [5.74, 6) is 1.19. The van der Waals surface area contributed by atoms with Crippen LogP contribution in [0.25, 0.3) is 0 Å². The third-order valence-corrected chi connectivity index (χ3v) is 3.23. The van der Waals surface area contributed by atoms with E-state index in [0.717, 1.165) is 19.5 Å². The maximum absolute atomic E-state index is 9.24. The molecule has 2 rings (SSSR count). The fraction of sp³-hybridized carbons (Fsp3) is 0.714. The number of rotatable bonds is 7. The van der Waals surface area contributed by atoms with E-state index in [1.165, 1.54) is 6.42 Å². The van der Waals surface area contributed by atoms with Gasteiger partial charge in [0.25, 0.3) is 0 Å². The van der Waals surface area contributed by atoms with Gasteiger partial charge in [-0.3, -0.25) is 0 Å². The molecule has 20 heavy (non-hydrogen) atoms. The number of nitrogens with one attached hydrogen (secondary N) is 1. The molecule has 1 fully saturated rings. The third-order valence-electron chi connectivity index (χ3n) is 3.23. The van der Waals surface area contributed by atoms with E-state index >= 15 is 0 Å². The molecule has 0 aliphatic carbocycles. The Morgan fingerprint density at radius 3 is 3.05 bits per heavy atom. The van der Waals surface area contributed by atoms with Crippen LogP contribution in [0.5, 0.6) is 5.88 Å². The summed E-state index contributed by atoms with van der Waals surface area (Å²) < 4.78 is 5.60. The molecule has 112 valence electrons. The van der Waals surface area contributed by atoms with Crippen LogP contribution < -0.4 is 15.0 Å². The summed E-state index contributed by atoms with van der Waals surface area (Å²) in [5.41, 5.74) is 0. The van der Waals surface area contributed by atoms with E-state index in [2.05, 4.69) is 15.3 Å². The zero-order chi connectivity index (χ0) is 14.4. The van der Waals surface area contributed by atoms with Crippen molar-refractivity contribution in [3.05, 3.63) is 12.3 Å². The second-order valence-corrected chi connectivity index (χ2v) is 5.32. The number of nitrogens with zero attached hydrogens (tertiary/aromatic N) is 3. The predicted octanol–water partition coefficient (Wildman–Crippen LogP) is 0.814. The zero-order valence-corrected chi connectivity index (χ0v) is 12.2. The summed E-state index contributed by atoms with van der Waals surface area (Å²) in [6, 6.07) is 2.20. The third kappa shape index (κ3) is 4.31. The topological polar surface area (TPSA) is 70.5 Å². The van der Waals surface area contributed by atoms with Crippen molar-refractivity contribution in [2.75, 3.05) is 31.1 Å². The van der Waals surface area contributed by atoms with Crippen molar-refractivity contribution in [2.45, 2.75) is 38.8 Å². The number of hydrogen-bond donors (Lipinski definition) is 2. The molecule has 2 heterocycles. The Kier molecular flexibility index (Phi) is 5.55. The lowest BCUT2D eigenvalue weighted by molar-refractivity contribution is 0.232. The number of anilines is 1. The molecular weight excluding hydrogens is 256 g/mol. The van der Waals surface area contributed by atoms with Crippen molar-refractivity contribution >= 4 is 5.95 Å². The molecule has 1 saturated heterocycles. The van der Waals surface area contributed by atoms with Gasteiger partial charge in [0.1, 0.15) is 0 Å². The summed E-state index contributed by atoms with van der Waals surface area (Å²) in [7, 11) is 0. The highest BCUT2D eigenvalue weighted by Crippen LogP contribution is 2.16. The van der Waals surface area contributed by atoms with Crippen molar-refractivity contribution in [1.29, 1.82) is 0 Å². The monoisotopic (exact) mass is 280 g/mol. The summed E-state index contributed by atoms with van der Waals surface area (Å²) in [4.78, 5) is 10.7. The van der Waals surface area contributed by atoms with Crippen LogP contribution in [0.3, 0.4) is 0 Å². The van der Waals surface area contributed by atoms with Crippen LogP contribution in [-0.2, 0) is 0 Å². The van der Waals surface area contributed by atoms with Gasteiger partial charge in [-0.15, -0.1) is 0 Å². The van der Waals surface area contributed by atoms with Gasteiger partial charge in [0, 0.05) is 31.4 Å². The lowest BCUT2D eigenvalue weighted by Crippen LogP contribution is -2.40. The lowest BCUT2D eigenvalue weighted by Gasteiger charge is -2.25. The molecular formula is C14H24N4O2. The number of hydrogen-bond acceptors (Lipinski definition) is 6. The quantitative estimate of drug-likeness (QED) is 0.770. The highest BCUT2D eigenvalue weighted by atomic mass is 16.5. The number of aliphatic hydroxyl groups is 1. The van der Waals surface area contributed by atoms with Gasteiger partial charge in [0.2, 0.25) is 11.8 Å². The molecule has 0 aromatic carbocycles. The average Bonchev–Trinajstić information content (AvgIpc) is 2.91. The molecule has 2 N–H and O–H groups in total. The molecule has 1 aliphatic heterocycles. The van der Waals surface area contributed by atoms with Gasteiger partial charge in [-0.1, -0.05) is 0 Å². The van der Waals surface area contributed by atoms with Crippen LogP contribution >= 0.6 is 0 Å². The normalized spacial score (nSPS) is 18.5. The molecule has 1 aliphatic rings. The molecule has 0 bridgehead atoms. The molecule has 1 aromatic rings. The van der Waals surface area contributed by atoms with Crippen LogP contribution in [-0.4, -0.2) is 53.5 Å². The molecule has 6 nitrogen and oxygen atoms in total. The van der Waals surface area contributed by atoms with Gasteiger partial charge >= 0.3 is 0 Å². The smallest absolute Gasteiger partial charge is 0.228 e. The van der Waals surface area contributed by atoms with E-state index in [4.69, 9.17) is 4.74 Å². The minimum Gasteiger partial charge on any atom is -0.475 e. The van der Waals surface area contributed by atoms with Crippen molar-refractivity contribution in [1.82, 2.24) is 15.3 Å². The Morgan fingerprint density at radius 1 is 1.55 bits per heavy atom. The Hall–Kier alpha value is -1.40. The number of aliphatic hydroxyl groups excluding tert-OH is 1. The Balaban J connectivity index is 2.06. The SMILES string of the molecule is CC(C)Oc1ccnc(N(CCO)CC2CCCN2)n1. The molecule has 1 atom stereocenters. The first kappa shape index (κ1) is 15.0. The predicted molar refractivity (Wildman–Crippen MR) is 78.1 cm³/mol. The van der Waals surface area contributed by atoms with Crippen molar-refractivity contribution in [3.63, 3.8) is 0 Å². The first-order chi connectivity index (χ1) is 9.69. The minimum absolute atomic E-state index is 0.0838. The summed E-state index contributed by atoms with van der Waals surface area (Å²) in [6.07, 6.45) is 4.14. The van der Waals surface area contributed by atoms with Gasteiger partial charge in [-0.05, 0) is 33.2 Å². The van der Waals surface area contributed by atoms with Gasteiger partial charge in [0.15, 0.2) is 0 Å². The van der Waals surface area contributed by atoms with Gasteiger partial charge in [-0.2, -0.15) is 4.98 Å². The number of aromatic nitrogens is 2. The van der Waals surface area contributed by atoms with Crippen molar-refractivity contribution < 1.29 is 9.84 Å². The Morgan fingerprint density at radius 2 is 2.40 bits per heavy atom. The van der Waals surface area contributed by atoms with Crippen LogP contribution in [0.15, 0.2) is 12.3 Å². The highest BCUT2D eigenvalue weighted by Gasteiger charge is 2.19. The fourth-order valence-corrected chi connectivity index (χ4v) is 2.36. The molecule has 1 unspecified atom stereocenters. The molecule has 0 saturated carbocycles. The number of ether oxygens (including phenoxy) is 1. The molecule has 0 amide bonds. The summed E-state index contributed by atoms with van der Waals surface area (Å²) in [5, 5.41) is 12.7. The lowest BCUT2D eigenvalue weighted by atomic mass is 10.2. The minimum atomic E-state index is 0.0838. The van der Waals surface area contributed by atoms with Crippen LogP contribution in [0.4, 0.5) is 5.95 Å². The van der Waals surface area contributed by atoms with Gasteiger partial charge in [-0.25, -0.2) is 4.98 Å². The first-order valence-corrected chi connectivity index (χ1v) is 7.28. The molecule has 6 heteroatoms. The maximum Gasteiger partial charge on any atom is 0.228 e. The van der Waals surface area contributed by atoms with E-state index in [1.807, 2.05) is 18.7 Å². The van der Waals surface area contributed by atoms with E-state index in [-0.39, 0.29) is 12.7 Å². The highest BCUT2D eigenvalue weighted by molar-refractivity contribution is 5.32. The first-order valence-electron chi connectivity index (χ1n) is 7.28.